The summed E-state index contributed by atoms with van der Waals surface area (Å²) in [5.41, 5.74) is 0. The topological polar surface area (TPSA) is 87.1 Å². The molecule has 3 heterocycles. The normalized spacial score (nSPS) is 30.9. The first-order valence-electron chi connectivity index (χ1n) is 13.6. The fourth-order valence-electron chi connectivity index (χ4n) is 6.30. The van der Waals surface area contributed by atoms with Gasteiger partial charge in [-0.05, 0) is 38.0 Å². The van der Waals surface area contributed by atoms with Crippen LogP contribution in [0, 0.1) is 17.8 Å². The fourth-order valence-corrected chi connectivity index (χ4v) is 9.88. The van der Waals surface area contributed by atoms with E-state index in [4.69, 9.17) is 4.74 Å². The zero-order chi connectivity index (χ0) is 27.3. The Balaban J connectivity index is 2.03. The molecule has 2 bridgehead atoms. The number of aliphatic hydroxyl groups is 1. The summed E-state index contributed by atoms with van der Waals surface area (Å²) in [6.07, 6.45) is 7.92. The highest BCUT2D eigenvalue weighted by molar-refractivity contribution is 9.09. The van der Waals surface area contributed by atoms with Crippen LogP contribution in [-0.2, 0) is 19.1 Å². The van der Waals surface area contributed by atoms with Gasteiger partial charge in [-0.3, -0.25) is 14.4 Å². The van der Waals surface area contributed by atoms with Gasteiger partial charge in [-0.25, -0.2) is 0 Å². The van der Waals surface area contributed by atoms with Gasteiger partial charge in [0, 0.05) is 23.2 Å². The molecule has 2 amide bonds. The summed E-state index contributed by atoms with van der Waals surface area (Å²) in [6.45, 7) is 14.8. The lowest BCUT2D eigenvalue weighted by atomic mass is 9.71. The van der Waals surface area contributed by atoms with Gasteiger partial charge in [0.15, 0.2) is 0 Å². The molecule has 37 heavy (non-hydrogen) atoms. The molecule has 0 radical (unpaired) electrons. The summed E-state index contributed by atoms with van der Waals surface area (Å²) in [7, 11) is 0. The third kappa shape index (κ3) is 5.83. The number of amides is 2. The number of unbranched alkanes of at least 4 members (excludes halogenated alkanes) is 2. The van der Waals surface area contributed by atoms with Crippen LogP contribution in [0.25, 0.3) is 0 Å². The minimum absolute atomic E-state index is 0.0105. The van der Waals surface area contributed by atoms with Gasteiger partial charge in [0.05, 0.1) is 35.8 Å². The van der Waals surface area contributed by atoms with E-state index >= 15 is 0 Å². The monoisotopic (exact) mass is 598 g/mol. The van der Waals surface area contributed by atoms with E-state index in [2.05, 4.69) is 36.0 Å². The van der Waals surface area contributed by atoms with E-state index in [0.717, 1.165) is 19.3 Å². The lowest BCUT2D eigenvalue weighted by molar-refractivity contribution is -0.154. The minimum Gasteiger partial charge on any atom is -0.465 e. The predicted octanol–water partition coefficient (Wildman–Crippen LogP) is 4.18. The summed E-state index contributed by atoms with van der Waals surface area (Å²) in [5, 5.41) is 10.3. The molecule has 1 N–H and O–H groups in total. The first kappa shape index (κ1) is 30.2. The molecule has 3 unspecified atom stereocenters. The number of nitrogens with zero attached hydrogens (tertiary/aromatic N) is 2. The summed E-state index contributed by atoms with van der Waals surface area (Å²) in [5.74, 6) is -1.72. The van der Waals surface area contributed by atoms with Crippen molar-refractivity contribution in [1.82, 2.24) is 9.80 Å². The fraction of sp³-hybridized carbons (Fsp3) is 0.750. The molecule has 0 aromatic rings. The predicted molar refractivity (Wildman–Crippen MR) is 151 cm³/mol. The number of carbonyl (C=O) groups is 3. The van der Waals surface area contributed by atoms with E-state index in [-0.39, 0.29) is 47.0 Å². The Bertz CT molecular complexity index is 870. The number of alkyl halides is 1. The molecule has 3 aliphatic heterocycles. The summed E-state index contributed by atoms with van der Waals surface area (Å²) in [4.78, 5) is 45.4. The first-order valence-corrected chi connectivity index (χ1v) is 15.4. The van der Waals surface area contributed by atoms with Crippen LogP contribution < -0.4 is 0 Å². The highest BCUT2D eigenvalue weighted by Gasteiger charge is 2.76. The van der Waals surface area contributed by atoms with Crippen LogP contribution in [0.1, 0.15) is 59.3 Å². The van der Waals surface area contributed by atoms with Gasteiger partial charge in [0.25, 0.3) is 0 Å². The van der Waals surface area contributed by atoms with E-state index in [1.54, 1.807) is 33.7 Å². The number of hydrogen-bond donors (Lipinski definition) is 1. The number of halogens is 1. The third-order valence-electron chi connectivity index (χ3n) is 7.82. The number of likely N-dealkylation sites (tertiary alicyclic amines) is 1. The first-order chi connectivity index (χ1) is 17.7. The zero-order valence-electron chi connectivity index (χ0n) is 22.4. The van der Waals surface area contributed by atoms with Gasteiger partial charge in [-0.15, -0.1) is 24.9 Å². The molecule has 9 heteroatoms. The largest absolute Gasteiger partial charge is 0.465 e. The SMILES string of the molecule is C=CCCCOC(=O)[C@H]1[C@H]2C(=O)N([C@@H](CO)CC(C)C)C(C(=O)N(CC=C)CCCC)C23CC(Br)[C@@H]1S3. The van der Waals surface area contributed by atoms with E-state index < -0.39 is 28.7 Å². The maximum absolute atomic E-state index is 14.3. The van der Waals surface area contributed by atoms with Gasteiger partial charge in [-0.2, -0.15) is 0 Å². The summed E-state index contributed by atoms with van der Waals surface area (Å²) in [6, 6.07) is -1.23. The van der Waals surface area contributed by atoms with Crippen LogP contribution in [0.2, 0.25) is 0 Å². The number of thioether (sulfide) groups is 1. The summed E-state index contributed by atoms with van der Waals surface area (Å²) < 4.78 is 4.91. The molecule has 0 aromatic heterocycles. The van der Waals surface area contributed by atoms with Crippen molar-refractivity contribution in [2.24, 2.45) is 17.8 Å². The van der Waals surface area contributed by atoms with Crippen LogP contribution in [0.4, 0.5) is 0 Å². The van der Waals surface area contributed by atoms with Crippen LogP contribution in [0.15, 0.2) is 25.3 Å². The molecule has 3 rings (SSSR count). The van der Waals surface area contributed by atoms with Crippen molar-refractivity contribution in [3.8, 4) is 0 Å². The molecule has 3 saturated heterocycles. The minimum atomic E-state index is -0.744. The lowest BCUT2D eigenvalue weighted by Crippen LogP contribution is -2.58. The second-order valence-corrected chi connectivity index (χ2v) is 13.6. The molecule has 0 saturated carbocycles. The third-order valence-corrected chi connectivity index (χ3v) is 11.0. The van der Waals surface area contributed by atoms with Gasteiger partial charge in [0.1, 0.15) is 6.04 Å². The van der Waals surface area contributed by atoms with Crippen molar-refractivity contribution in [3.63, 3.8) is 0 Å². The summed E-state index contributed by atoms with van der Waals surface area (Å²) >= 11 is 5.39. The lowest BCUT2D eigenvalue weighted by Gasteiger charge is -2.40. The number of carbonyl (C=O) groups excluding carboxylic acids is 3. The Hall–Kier alpha value is -1.32. The van der Waals surface area contributed by atoms with Crippen LogP contribution in [-0.4, -0.2) is 85.9 Å². The van der Waals surface area contributed by atoms with Crippen LogP contribution >= 0.6 is 27.7 Å². The van der Waals surface area contributed by atoms with Crippen molar-refractivity contribution >= 4 is 45.5 Å². The smallest absolute Gasteiger partial charge is 0.310 e. The Morgan fingerprint density at radius 1 is 1.32 bits per heavy atom. The molecule has 3 aliphatic rings. The van der Waals surface area contributed by atoms with Crippen molar-refractivity contribution < 1.29 is 24.2 Å². The molecule has 7 atom stereocenters. The average molecular weight is 600 g/mol. The number of rotatable bonds is 15. The van der Waals surface area contributed by atoms with Gasteiger partial charge in [-0.1, -0.05) is 55.3 Å². The maximum atomic E-state index is 14.3. The number of esters is 1. The molecule has 7 nitrogen and oxygen atoms in total. The van der Waals surface area contributed by atoms with Gasteiger partial charge >= 0.3 is 5.97 Å². The van der Waals surface area contributed by atoms with Crippen LogP contribution in [0.5, 0.6) is 0 Å². The Morgan fingerprint density at radius 3 is 2.65 bits per heavy atom. The molecule has 1 spiro atoms. The van der Waals surface area contributed by atoms with Crippen LogP contribution in [0.3, 0.4) is 0 Å². The van der Waals surface area contributed by atoms with E-state index in [1.165, 1.54) is 0 Å². The number of allylic oxidation sites excluding steroid dienone is 1. The highest BCUT2D eigenvalue weighted by atomic mass is 79.9. The number of hydrogen-bond acceptors (Lipinski definition) is 6. The number of fused-ring (bicyclic) bond motifs is 1. The average Bonchev–Trinajstić information content (AvgIpc) is 3.45. The standard InChI is InChI=1S/C28H43BrN2O5S/c1-6-9-11-14-36-27(35)21-22-25(33)31(19(17-32)15-18(4)5)24(28(22)16-20(29)23(21)37-28)26(34)30(12-8-3)13-10-7-2/h6,8,18-24,32H,1,3,7,9-17H2,2,4-5H3/t19-,20?,21+,22+,23+,24?,28?/m1/s1. The van der Waals surface area contributed by atoms with Gasteiger partial charge in [0.2, 0.25) is 11.8 Å². The number of ether oxygens (including phenoxy) is 1. The second kappa shape index (κ2) is 13.2. The van der Waals surface area contributed by atoms with Crippen molar-refractivity contribution in [3.05, 3.63) is 25.3 Å². The quantitative estimate of drug-likeness (QED) is 0.132. The molecular weight excluding hydrogens is 556 g/mol. The molecule has 0 aromatic carbocycles. The van der Waals surface area contributed by atoms with Crippen molar-refractivity contribution in [1.29, 1.82) is 0 Å². The maximum Gasteiger partial charge on any atom is 0.310 e. The Kier molecular flexibility index (Phi) is 10.7. The number of aliphatic hydroxyl groups excluding tert-OH is 1. The Morgan fingerprint density at radius 2 is 2.05 bits per heavy atom. The van der Waals surface area contributed by atoms with E-state index in [0.29, 0.717) is 32.4 Å². The molecular formula is C28H43BrN2O5S. The molecule has 208 valence electrons. The second-order valence-electron chi connectivity index (χ2n) is 10.9. The molecule has 0 aliphatic carbocycles. The van der Waals surface area contributed by atoms with E-state index in [9.17, 15) is 19.5 Å². The van der Waals surface area contributed by atoms with E-state index in [1.807, 2.05) is 13.8 Å². The van der Waals surface area contributed by atoms with Gasteiger partial charge < -0.3 is 19.6 Å². The molecule has 3 fully saturated rings. The Labute approximate surface area is 234 Å². The van der Waals surface area contributed by atoms with Crippen molar-refractivity contribution in [2.75, 3.05) is 26.3 Å². The van der Waals surface area contributed by atoms with Crippen molar-refractivity contribution in [2.45, 2.75) is 86.2 Å². The zero-order valence-corrected chi connectivity index (χ0v) is 24.8. The highest BCUT2D eigenvalue weighted by Crippen LogP contribution is 2.68.